The van der Waals surface area contributed by atoms with Gasteiger partial charge >= 0.3 is 0 Å². The molecule has 0 aromatic heterocycles. The van der Waals surface area contributed by atoms with Crippen LogP contribution in [0.3, 0.4) is 0 Å². The number of likely N-dealkylation sites (N-methyl/N-ethyl adjacent to an activating group) is 1. The van der Waals surface area contributed by atoms with Crippen LogP contribution in [-0.4, -0.2) is 56.0 Å². The Kier molecular flexibility index (Phi) is 4.93. The maximum absolute atomic E-state index is 12.4. The molecule has 1 unspecified atom stereocenters. The van der Waals surface area contributed by atoms with Gasteiger partial charge in [0.05, 0.1) is 12.6 Å². The molecule has 1 fully saturated rings. The van der Waals surface area contributed by atoms with Gasteiger partial charge < -0.3 is 15.1 Å². The van der Waals surface area contributed by atoms with Crippen molar-refractivity contribution < 1.29 is 4.79 Å². The maximum Gasteiger partial charge on any atom is 0.237 e. The molecule has 1 saturated heterocycles. The highest BCUT2D eigenvalue weighted by Crippen LogP contribution is 2.22. The van der Waals surface area contributed by atoms with Crippen molar-refractivity contribution in [2.24, 2.45) is 0 Å². The van der Waals surface area contributed by atoms with Gasteiger partial charge in [0.1, 0.15) is 0 Å². The summed E-state index contributed by atoms with van der Waals surface area (Å²) in [6.45, 7) is 3.13. The molecule has 0 radical (unpaired) electrons. The third kappa shape index (κ3) is 3.78. The van der Waals surface area contributed by atoms with Gasteiger partial charge in [-0.3, -0.25) is 4.79 Å². The molecule has 1 aromatic rings. The Labute approximate surface area is 115 Å². The van der Waals surface area contributed by atoms with Gasteiger partial charge in [-0.2, -0.15) is 0 Å². The van der Waals surface area contributed by atoms with Gasteiger partial charge in [0, 0.05) is 13.1 Å². The van der Waals surface area contributed by atoms with E-state index < -0.39 is 0 Å². The Morgan fingerprint density at radius 2 is 2.11 bits per heavy atom. The number of rotatable bonds is 3. The molecule has 4 heteroatoms. The van der Waals surface area contributed by atoms with Crippen LogP contribution in [0.2, 0.25) is 0 Å². The highest BCUT2D eigenvalue weighted by atomic mass is 16.2. The van der Waals surface area contributed by atoms with Crippen molar-refractivity contribution in [3.63, 3.8) is 0 Å². The molecule has 1 aromatic carbocycles. The van der Waals surface area contributed by atoms with E-state index in [4.69, 9.17) is 0 Å². The zero-order valence-corrected chi connectivity index (χ0v) is 11.8. The summed E-state index contributed by atoms with van der Waals surface area (Å²) < 4.78 is 0. The minimum atomic E-state index is 0.149. The van der Waals surface area contributed by atoms with E-state index in [1.807, 2.05) is 42.1 Å². The zero-order chi connectivity index (χ0) is 13.7. The Hall–Kier alpha value is -1.39. The van der Waals surface area contributed by atoms with Crippen LogP contribution in [0.15, 0.2) is 30.3 Å². The third-order valence-corrected chi connectivity index (χ3v) is 3.42. The van der Waals surface area contributed by atoms with Crippen LogP contribution in [0.25, 0.3) is 0 Å². The van der Waals surface area contributed by atoms with E-state index in [9.17, 15) is 4.79 Å². The van der Waals surface area contributed by atoms with Crippen LogP contribution in [0.1, 0.15) is 18.0 Å². The summed E-state index contributed by atoms with van der Waals surface area (Å²) in [5, 5.41) is 3.43. The van der Waals surface area contributed by atoms with E-state index in [2.05, 4.69) is 17.4 Å². The molecule has 1 N–H and O–H groups in total. The summed E-state index contributed by atoms with van der Waals surface area (Å²) in [4.78, 5) is 16.4. The first-order valence-corrected chi connectivity index (χ1v) is 6.88. The summed E-state index contributed by atoms with van der Waals surface area (Å²) in [6, 6.07) is 10.4. The van der Waals surface area contributed by atoms with Crippen LogP contribution in [0, 0.1) is 0 Å². The lowest BCUT2D eigenvalue weighted by atomic mass is 10.1. The van der Waals surface area contributed by atoms with Gasteiger partial charge in [0.15, 0.2) is 0 Å². The fraction of sp³-hybridized carbons (Fsp3) is 0.533. The zero-order valence-electron chi connectivity index (χ0n) is 11.8. The van der Waals surface area contributed by atoms with Crippen LogP contribution in [0.4, 0.5) is 0 Å². The van der Waals surface area contributed by atoms with Gasteiger partial charge in [0.2, 0.25) is 5.91 Å². The molecule has 104 valence electrons. The second-order valence-corrected chi connectivity index (χ2v) is 5.31. The third-order valence-electron chi connectivity index (χ3n) is 3.42. The molecule has 4 nitrogen and oxygen atoms in total. The summed E-state index contributed by atoms with van der Waals surface area (Å²) in [5.41, 5.74) is 1.21. The molecule has 1 atom stereocenters. The topological polar surface area (TPSA) is 35.6 Å². The SMILES string of the molecule is CN(C)CC(=O)N1CCCNCC1c1ccccc1. The summed E-state index contributed by atoms with van der Waals surface area (Å²) in [6.07, 6.45) is 1.02. The Morgan fingerprint density at radius 1 is 1.37 bits per heavy atom. The van der Waals surface area contributed by atoms with Crippen molar-refractivity contribution in [3.8, 4) is 0 Å². The van der Waals surface area contributed by atoms with E-state index in [1.54, 1.807) is 0 Å². The summed E-state index contributed by atoms with van der Waals surface area (Å²) in [7, 11) is 3.87. The minimum Gasteiger partial charge on any atom is -0.333 e. The van der Waals surface area contributed by atoms with Crippen molar-refractivity contribution in [2.75, 3.05) is 40.3 Å². The fourth-order valence-corrected chi connectivity index (χ4v) is 2.51. The van der Waals surface area contributed by atoms with Crippen molar-refractivity contribution in [3.05, 3.63) is 35.9 Å². The lowest BCUT2D eigenvalue weighted by Crippen LogP contribution is -2.42. The molecule has 0 aliphatic carbocycles. The number of amides is 1. The number of carbonyl (C=O) groups excluding carboxylic acids is 1. The average molecular weight is 261 g/mol. The first kappa shape index (κ1) is 14.0. The van der Waals surface area contributed by atoms with Crippen LogP contribution in [0.5, 0.6) is 0 Å². The van der Waals surface area contributed by atoms with E-state index in [0.29, 0.717) is 6.54 Å². The number of hydrogen-bond donors (Lipinski definition) is 1. The van der Waals surface area contributed by atoms with Gasteiger partial charge in [-0.15, -0.1) is 0 Å². The molecule has 1 heterocycles. The van der Waals surface area contributed by atoms with Crippen molar-refractivity contribution >= 4 is 5.91 Å². The standard InChI is InChI=1S/C15H23N3O/c1-17(2)12-15(19)18-10-6-9-16-11-14(18)13-7-4-3-5-8-13/h3-5,7-8,14,16H,6,9-12H2,1-2H3. The van der Waals surface area contributed by atoms with Crippen molar-refractivity contribution in [2.45, 2.75) is 12.5 Å². The predicted molar refractivity (Wildman–Crippen MR) is 76.9 cm³/mol. The Morgan fingerprint density at radius 3 is 2.79 bits per heavy atom. The number of nitrogens with one attached hydrogen (secondary N) is 1. The number of carbonyl (C=O) groups is 1. The maximum atomic E-state index is 12.4. The predicted octanol–water partition coefficient (Wildman–Crippen LogP) is 1.11. The van der Waals surface area contributed by atoms with Gasteiger partial charge in [-0.25, -0.2) is 0 Å². The van der Waals surface area contributed by atoms with E-state index >= 15 is 0 Å². The van der Waals surface area contributed by atoms with E-state index in [1.165, 1.54) is 5.56 Å². The second kappa shape index (κ2) is 6.68. The summed E-state index contributed by atoms with van der Waals surface area (Å²) in [5.74, 6) is 0.211. The van der Waals surface area contributed by atoms with Crippen LogP contribution in [-0.2, 0) is 4.79 Å². The fourth-order valence-electron chi connectivity index (χ4n) is 2.51. The molecular formula is C15H23N3O. The average Bonchev–Trinajstić information content (AvgIpc) is 2.64. The van der Waals surface area contributed by atoms with Crippen molar-refractivity contribution in [1.82, 2.24) is 15.1 Å². The van der Waals surface area contributed by atoms with Gasteiger partial charge in [-0.05, 0) is 32.6 Å². The quantitative estimate of drug-likeness (QED) is 0.885. The Balaban J connectivity index is 2.18. The highest BCUT2D eigenvalue weighted by molar-refractivity contribution is 5.78. The largest absolute Gasteiger partial charge is 0.333 e. The first-order valence-electron chi connectivity index (χ1n) is 6.88. The Bertz CT molecular complexity index is 405. The smallest absolute Gasteiger partial charge is 0.237 e. The molecule has 19 heavy (non-hydrogen) atoms. The normalized spacial score (nSPS) is 20.4. The molecule has 1 aliphatic heterocycles. The molecule has 1 aliphatic rings. The molecule has 2 rings (SSSR count). The van der Waals surface area contributed by atoms with Gasteiger partial charge in [0.25, 0.3) is 0 Å². The molecule has 1 amide bonds. The lowest BCUT2D eigenvalue weighted by molar-refractivity contribution is -0.134. The second-order valence-electron chi connectivity index (χ2n) is 5.31. The number of hydrogen-bond acceptors (Lipinski definition) is 3. The monoisotopic (exact) mass is 261 g/mol. The molecule has 0 bridgehead atoms. The minimum absolute atomic E-state index is 0.149. The number of nitrogens with zero attached hydrogens (tertiary/aromatic N) is 2. The van der Waals surface area contributed by atoms with Crippen molar-refractivity contribution in [1.29, 1.82) is 0 Å². The van der Waals surface area contributed by atoms with E-state index in [-0.39, 0.29) is 11.9 Å². The first-order chi connectivity index (χ1) is 9.18. The lowest BCUT2D eigenvalue weighted by Gasteiger charge is -2.31. The molecular weight excluding hydrogens is 238 g/mol. The van der Waals surface area contributed by atoms with E-state index in [0.717, 1.165) is 26.1 Å². The molecule has 0 saturated carbocycles. The highest BCUT2D eigenvalue weighted by Gasteiger charge is 2.26. The number of benzene rings is 1. The van der Waals surface area contributed by atoms with Gasteiger partial charge in [-0.1, -0.05) is 30.3 Å². The van der Waals surface area contributed by atoms with Crippen LogP contribution >= 0.6 is 0 Å². The molecule has 0 spiro atoms. The summed E-state index contributed by atoms with van der Waals surface area (Å²) >= 11 is 0. The van der Waals surface area contributed by atoms with Crippen LogP contribution < -0.4 is 5.32 Å².